The van der Waals surface area contributed by atoms with Crippen molar-refractivity contribution in [2.45, 2.75) is 50.9 Å². The number of rotatable bonds is 9. The highest BCUT2D eigenvalue weighted by Crippen LogP contribution is 2.36. The lowest BCUT2D eigenvalue weighted by Gasteiger charge is -2.41. The second kappa shape index (κ2) is 12.0. The Morgan fingerprint density at radius 3 is 2.06 bits per heavy atom. The summed E-state index contributed by atoms with van der Waals surface area (Å²) in [5.74, 6) is -0.153. The molecule has 0 unspecified atom stereocenters. The SMILES string of the molecule is CCc1ccc(CCNC(=O)C2(c3ccccc3)CCN(C(=O)CCc3ccc(F)cc3)CC2)cc1. The van der Waals surface area contributed by atoms with E-state index in [2.05, 4.69) is 36.5 Å². The van der Waals surface area contributed by atoms with Crippen molar-refractivity contribution in [2.24, 2.45) is 0 Å². The monoisotopic (exact) mass is 486 g/mol. The van der Waals surface area contributed by atoms with E-state index in [9.17, 15) is 14.0 Å². The predicted molar refractivity (Wildman–Crippen MR) is 141 cm³/mol. The Bertz CT molecular complexity index is 1140. The highest BCUT2D eigenvalue weighted by molar-refractivity contribution is 5.89. The van der Waals surface area contributed by atoms with Gasteiger partial charge in [-0.1, -0.05) is 73.7 Å². The van der Waals surface area contributed by atoms with Gasteiger partial charge in [-0.2, -0.15) is 0 Å². The van der Waals surface area contributed by atoms with Crippen LogP contribution in [0.4, 0.5) is 4.39 Å². The normalized spacial score (nSPS) is 14.9. The van der Waals surface area contributed by atoms with E-state index in [-0.39, 0.29) is 17.6 Å². The molecule has 2 amide bonds. The molecular weight excluding hydrogens is 451 g/mol. The smallest absolute Gasteiger partial charge is 0.230 e. The minimum absolute atomic E-state index is 0.0392. The molecule has 36 heavy (non-hydrogen) atoms. The molecule has 0 saturated carbocycles. The van der Waals surface area contributed by atoms with Crippen molar-refractivity contribution in [3.05, 3.63) is 107 Å². The number of nitrogens with zero attached hydrogens (tertiary/aromatic N) is 1. The van der Waals surface area contributed by atoms with Gasteiger partial charge in [-0.25, -0.2) is 4.39 Å². The zero-order chi connectivity index (χ0) is 25.4. The van der Waals surface area contributed by atoms with Gasteiger partial charge in [-0.3, -0.25) is 9.59 Å². The first-order valence-corrected chi connectivity index (χ1v) is 12.9. The van der Waals surface area contributed by atoms with Crippen LogP contribution in [0.2, 0.25) is 0 Å². The molecule has 1 fully saturated rings. The fraction of sp³-hybridized carbons (Fsp3) is 0.355. The van der Waals surface area contributed by atoms with Gasteiger partial charge in [0.2, 0.25) is 11.8 Å². The number of amides is 2. The van der Waals surface area contributed by atoms with Crippen LogP contribution in [0.5, 0.6) is 0 Å². The largest absolute Gasteiger partial charge is 0.355 e. The van der Waals surface area contributed by atoms with Crippen LogP contribution in [0.15, 0.2) is 78.9 Å². The minimum Gasteiger partial charge on any atom is -0.355 e. The van der Waals surface area contributed by atoms with Crippen molar-refractivity contribution in [3.63, 3.8) is 0 Å². The molecule has 3 aromatic rings. The summed E-state index contributed by atoms with van der Waals surface area (Å²) in [6.45, 7) is 3.81. The first-order chi connectivity index (χ1) is 17.5. The van der Waals surface area contributed by atoms with Crippen molar-refractivity contribution >= 4 is 11.8 Å². The van der Waals surface area contributed by atoms with Crippen LogP contribution < -0.4 is 5.32 Å². The van der Waals surface area contributed by atoms with E-state index in [0.717, 1.165) is 24.0 Å². The first kappa shape index (κ1) is 25.6. The number of nitrogens with one attached hydrogen (secondary N) is 1. The number of likely N-dealkylation sites (tertiary alicyclic amines) is 1. The van der Waals surface area contributed by atoms with E-state index in [1.807, 2.05) is 35.2 Å². The molecule has 4 rings (SSSR count). The molecule has 4 nitrogen and oxygen atoms in total. The topological polar surface area (TPSA) is 49.4 Å². The summed E-state index contributed by atoms with van der Waals surface area (Å²) >= 11 is 0. The van der Waals surface area contributed by atoms with Crippen molar-refractivity contribution in [3.8, 4) is 0 Å². The molecule has 1 heterocycles. The second-order valence-corrected chi connectivity index (χ2v) is 9.63. The zero-order valence-corrected chi connectivity index (χ0v) is 21.0. The Kier molecular flexibility index (Phi) is 8.52. The third-order valence-corrected chi connectivity index (χ3v) is 7.40. The molecule has 0 atom stereocenters. The van der Waals surface area contributed by atoms with Crippen molar-refractivity contribution in [1.29, 1.82) is 0 Å². The van der Waals surface area contributed by atoms with E-state index in [4.69, 9.17) is 0 Å². The zero-order valence-electron chi connectivity index (χ0n) is 21.0. The molecular formula is C31H35FN2O2. The van der Waals surface area contributed by atoms with Crippen molar-refractivity contribution in [1.82, 2.24) is 10.2 Å². The van der Waals surface area contributed by atoms with Gasteiger partial charge < -0.3 is 10.2 Å². The first-order valence-electron chi connectivity index (χ1n) is 12.9. The van der Waals surface area contributed by atoms with Gasteiger partial charge in [-0.05, 0) is 66.5 Å². The molecule has 1 aliphatic rings. The number of carbonyl (C=O) groups excluding carboxylic acids is 2. The van der Waals surface area contributed by atoms with Crippen molar-refractivity contribution in [2.75, 3.05) is 19.6 Å². The number of carbonyl (C=O) groups is 2. The lowest BCUT2D eigenvalue weighted by atomic mass is 9.72. The Morgan fingerprint density at radius 1 is 0.833 bits per heavy atom. The predicted octanol–water partition coefficient (Wildman–Crippen LogP) is 5.24. The Balaban J connectivity index is 1.36. The maximum atomic E-state index is 13.6. The average Bonchev–Trinajstić information content (AvgIpc) is 2.93. The standard InChI is InChI=1S/C31H35FN2O2/c1-2-24-8-10-26(11-9-24)18-21-33-30(36)31(27-6-4-3-5-7-27)19-22-34(23-20-31)29(35)17-14-25-12-15-28(32)16-13-25/h3-13,15-16H,2,14,17-23H2,1H3,(H,33,36). The number of hydrogen-bond donors (Lipinski definition) is 1. The highest BCUT2D eigenvalue weighted by atomic mass is 19.1. The fourth-order valence-electron chi connectivity index (χ4n) is 5.03. The second-order valence-electron chi connectivity index (χ2n) is 9.63. The molecule has 188 valence electrons. The summed E-state index contributed by atoms with van der Waals surface area (Å²) in [6, 6.07) is 24.8. The van der Waals surface area contributed by atoms with Crippen LogP contribution in [0.25, 0.3) is 0 Å². The highest BCUT2D eigenvalue weighted by Gasteiger charge is 2.43. The van der Waals surface area contributed by atoms with E-state index >= 15 is 0 Å². The van der Waals surface area contributed by atoms with Crippen LogP contribution in [-0.4, -0.2) is 36.3 Å². The summed E-state index contributed by atoms with van der Waals surface area (Å²) in [5, 5.41) is 3.19. The molecule has 5 heteroatoms. The summed E-state index contributed by atoms with van der Waals surface area (Å²) in [6.07, 6.45) is 3.95. The molecule has 0 aromatic heterocycles. The molecule has 0 bridgehead atoms. The molecule has 0 radical (unpaired) electrons. The Hall–Kier alpha value is -3.47. The van der Waals surface area contributed by atoms with Gasteiger partial charge in [0.15, 0.2) is 0 Å². The molecule has 0 aliphatic carbocycles. The lowest BCUT2D eigenvalue weighted by molar-refractivity contribution is -0.136. The molecule has 1 N–H and O–H groups in total. The van der Waals surface area contributed by atoms with Crippen LogP contribution in [0.1, 0.15) is 48.4 Å². The maximum absolute atomic E-state index is 13.6. The fourth-order valence-corrected chi connectivity index (χ4v) is 5.03. The third kappa shape index (κ3) is 6.20. The van der Waals surface area contributed by atoms with E-state index in [1.54, 1.807) is 12.1 Å². The van der Waals surface area contributed by atoms with Crippen LogP contribution in [-0.2, 0) is 34.3 Å². The number of benzene rings is 3. The number of aryl methyl sites for hydroxylation is 2. The van der Waals surface area contributed by atoms with Crippen LogP contribution >= 0.6 is 0 Å². The third-order valence-electron chi connectivity index (χ3n) is 7.40. The molecule has 3 aromatic carbocycles. The Labute approximate surface area is 213 Å². The Morgan fingerprint density at radius 2 is 1.42 bits per heavy atom. The van der Waals surface area contributed by atoms with E-state index in [1.165, 1.54) is 23.3 Å². The number of piperidine rings is 1. The van der Waals surface area contributed by atoms with Gasteiger partial charge in [0, 0.05) is 26.1 Å². The maximum Gasteiger partial charge on any atom is 0.230 e. The lowest BCUT2D eigenvalue weighted by Crippen LogP contribution is -2.53. The summed E-state index contributed by atoms with van der Waals surface area (Å²) in [4.78, 5) is 28.3. The van der Waals surface area contributed by atoms with Gasteiger partial charge in [-0.15, -0.1) is 0 Å². The number of halogens is 1. The minimum atomic E-state index is -0.638. The van der Waals surface area contributed by atoms with Gasteiger partial charge in [0.25, 0.3) is 0 Å². The molecule has 0 spiro atoms. The van der Waals surface area contributed by atoms with Gasteiger partial charge >= 0.3 is 0 Å². The van der Waals surface area contributed by atoms with Gasteiger partial charge in [0.1, 0.15) is 5.82 Å². The van der Waals surface area contributed by atoms with E-state index < -0.39 is 5.41 Å². The summed E-state index contributed by atoms with van der Waals surface area (Å²) < 4.78 is 13.1. The van der Waals surface area contributed by atoms with E-state index in [0.29, 0.717) is 45.3 Å². The summed E-state index contributed by atoms with van der Waals surface area (Å²) in [7, 11) is 0. The average molecular weight is 487 g/mol. The number of hydrogen-bond acceptors (Lipinski definition) is 2. The molecule has 1 aliphatic heterocycles. The van der Waals surface area contributed by atoms with Crippen LogP contribution in [0, 0.1) is 5.82 Å². The van der Waals surface area contributed by atoms with Gasteiger partial charge in [0.05, 0.1) is 5.41 Å². The summed E-state index contributed by atoms with van der Waals surface area (Å²) in [5.41, 5.74) is 3.84. The van der Waals surface area contributed by atoms with Crippen molar-refractivity contribution < 1.29 is 14.0 Å². The van der Waals surface area contributed by atoms with Crippen LogP contribution in [0.3, 0.4) is 0 Å². The molecule has 1 saturated heterocycles. The quantitative estimate of drug-likeness (QED) is 0.450.